The first kappa shape index (κ1) is 11.2. The molecular formula is C11H14N2O2. The molecule has 0 saturated carbocycles. The van der Waals surface area contributed by atoms with Gasteiger partial charge >= 0.3 is 5.97 Å². The first-order chi connectivity index (χ1) is 7.06. The number of carbonyl (C=O) groups is 1. The maximum atomic E-state index is 11.1. The first-order valence-corrected chi connectivity index (χ1v) is 4.51. The van der Waals surface area contributed by atoms with Gasteiger partial charge < -0.3 is 9.64 Å². The number of esters is 1. The molecule has 1 aromatic carbocycles. The summed E-state index contributed by atoms with van der Waals surface area (Å²) in [6.45, 7) is 0. The summed E-state index contributed by atoms with van der Waals surface area (Å²) in [6.07, 6.45) is 0. The Morgan fingerprint density at radius 2 is 1.67 bits per heavy atom. The van der Waals surface area contributed by atoms with Gasteiger partial charge in [0.05, 0.1) is 12.7 Å². The molecule has 0 aliphatic rings. The predicted molar refractivity (Wildman–Crippen MR) is 58.3 cm³/mol. The van der Waals surface area contributed by atoms with Gasteiger partial charge in [-0.05, 0) is 12.1 Å². The average Bonchev–Trinajstić information content (AvgIpc) is 2.27. The van der Waals surface area contributed by atoms with Gasteiger partial charge in [-0.2, -0.15) is 0 Å². The highest BCUT2D eigenvalue weighted by Crippen LogP contribution is 2.07. The molecule has 0 fully saturated rings. The molecule has 0 atom stereocenters. The lowest BCUT2D eigenvalue weighted by Gasteiger charge is -2.13. The Balaban J connectivity index is 2.90. The number of carbonyl (C=O) groups excluding carboxylic acids is 1. The summed E-state index contributed by atoms with van der Waals surface area (Å²) in [5, 5.41) is 7.72. The van der Waals surface area contributed by atoms with Crippen molar-refractivity contribution in [3.8, 4) is 0 Å². The molecule has 1 rings (SSSR count). The number of rotatable bonds is 2. The van der Waals surface area contributed by atoms with Gasteiger partial charge in [-0.3, -0.25) is 5.41 Å². The Kier molecular flexibility index (Phi) is 3.44. The SMILES string of the molecule is COC(=O)c1ccc(C(=N)N(C)C)cc1. The summed E-state index contributed by atoms with van der Waals surface area (Å²) in [4.78, 5) is 12.8. The fraction of sp³-hybridized carbons (Fsp3) is 0.273. The Morgan fingerprint density at radius 3 is 2.07 bits per heavy atom. The van der Waals surface area contributed by atoms with Gasteiger partial charge in [-0.1, -0.05) is 12.1 Å². The fourth-order valence-corrected chi connectivity index (χ4v) is 1.14. The van der Waals surface area contributed by atoms with E-state index in [2.05, 4.69) is 4.74 Å². The molecule has 0 amide bonds. The van der Waals surface area contributed by atoms with Crippen LogP contribution in [0.1, 0.15) is 15.9 Å². The van der Waals surface area contributed by atoms with E-state index < -0.39 is 0 Å². The second kappa shape index (κ2) is 4.59. The van der Waals surface area contributed by atoms with E-state index in [9.17, 15) is 4.79 Å². The minimum absolute atomic E-state index is 0.363. The third-order valence-electron chi connectivity index (χ3n) is 2.03. The molecule has 0 unspecified atom stereocenters. The maximum absolute atomic E-state index is 11.1. The van der Waals surface area contributed by atoms with Crippen LogP contribution in [-0.4, -0.2) is 37.9 Å². The highest BCUT2D eigenvalue weighted by molar-refractivity contribution is 5.97. The molecule has 0 heterocycles. The van der Waals surface area contributed by atoms with E-state index in [4.69, 9.17) is 5.41 Å². The lowest BCUT2D eigenvalue weighted by Crippen LogP contribution is -2.21. The van der Waals surface area contributed by atoms with Gasteiger partial charge in [0.15, 0.2) is 0 Å². The molecule has 4 heteroatoms. The molecule has 0 saturated heterocycles. The van der Waals surface area contributed by atoms with Gasteiger partial charge in [0.25, 0.3) is 0 Å². The van der Waals surface area contributed by atoms with Crippen molar-refractivity contribution < 1.29 is 9.53 Å². The number of hydrogen-bond acceptors (Lipinski definition) is 3. The molecule has 0 aliphatic carbocycles. The Morgan fingerprint density at radius 1 is 1.20 bits per heavy atom. The zero-order chi connectivity index (χ0) is 11.4. The maximum Gasteiger partial charge on any atom is 0.337 e. The molecule has 4 nitrogen and oxygen atoms in total. The molecule has 0 aromatic heterocycles. The molecule has 15 heavy (non-hydrogen) atoms. The van der Waals surface area contributed by atoms with Crippen LogP contribution in [0.25, 0.3) is 0 Å². The van der Waals surface area contributed by atoms with Crippen LogP contribution in [0.5, 0.6) is 0 Å². The number of nitrogens with zero attached hydrogens (tertiary/aromatic N) is 1. The van der Waals surface area contributed by atoms with E-state index in [0.717, 1.165) is 5.56 Å². The van der Waals surface area contributed by atoms with E-state index in [1.54, 1.807) is 43.3 Å². The van der Waals surface area contributed by atoms with E-state index in [-0.39, 0.29) is 5.97 Å². The highest BCUT2D eigenvalue weighted by atomic mass is 16.5. The summed E-state index contributed by atoms with van der Waals surface area (Å²) in [7, 11) is 4.95. The molecule has 0 bridgehead atoms. The van der Waals surface area contributed by atoms with E-state index in [0.29, 0.717) is 11.4 Å². The number of methoxy groups -OCH3 is 1. The van der Waals surface area contributed by atoms with Crippen molar-refractivity contribution in [2.75, 3.05) is 21.2 Å². The van der Waals surface area contributed by atoms with Crippen LogP contribution < -0.4 is 0 Å². The van der Waals surface area contributed by atoms with E-state index >= 15 is 0 Å². The van der Waals surface area contributed by atoms with E-state index in [1.165, 1.54) is 7.11 Å². The van der Waals surface area contributed by atoms with Crippen LogP contribution in [0, 0.1) is 5.41 Å². The number of nitrogens with one attached hydrogen (secondary N) is 1. The van der Waals surface area contributed by atoms with Gasteiger partial charge in [0, 0.05) is 19.7 Å². The van der Waals surface area contributed by atoms with Crippen molar-refractivity contribution in [3.63, 3.8) is 0 Å². The molecular weight excluding hydrogens is 192 g/mol. The normalized spacial score (nSPS) is 9.53. The lowest BCUT2D eigenvalue weighted by molar-refractivity contribution is 0.0601. The topological polar surface area (TPSA) is 53.4 Å². The Labute approximate surface area is 89.0 Å². The molecule has 0 radical (unpaired) electrons. The molecule has 0 aliphatic heterocycles. The van der Waals surface area contributed by atoms with Crippen LogP contribution in [-0.2, 0) is 4.74 Å². The molecule has 80 valence electrons. The number of hydrogen-bond donors (Lipinski definition) is 1. The smallest absolute Gasteiger partial charge is 0.337 e. The summed E-state index contributed by atoms with van der Waals surface area (Å²) in [5.41, 5.74) is 1.26. The lowest BCUT2D eigenvalue weighted by atomic mass is 10.1. The Bertz CT molecular complexity index is 369. The molecule has 1 aromatic rings. The minimum atomic E-state index is -0.363. The monoisotopic (exact) mass is 206 g/mol. The highest BCUT2D eigenvalue weighted by Gasteiger charge is 2.07. The fourth-order valence-electron chi connectivity index (χ4n) is 1.14. The van der Waals surface area contributed by atoms with Crippen molar-refractivity contribution >= 4 is 11.8 Å². The first-order valence-electron chi connectivity index (χ1n) is 4.51. The van der Waals surface area contributed by atoms with Crippen molar-refractivity contribution in [1.29, 1.82) is 5.41 Å². The quantitative estimate of drug-likeness (QED) is 0.451. The minimum Gasteiger partial charge on any atom is -0.465 e. The standard InChI is InChI=1S/C11H14N2O2/c1-13(2)10(12)8-4-6-9(7-5-8)11(14)15-3/h4-7,12H,1-3H3. The molecule has 0 spiro atoms. The number of amidine groups is 1. The van der Waals surface area contributed by atoms with Crippen LogP contribution >= 0.6 is 0 Å². The number of benzene rings is 1. The van der Waals surface area contributed by atoms with Crippen molar-refractivity contribution in [3.05, 3.63) is 35.4 Å². The zero-order valence-corrected chi connectivity index (χ0v) is 9.07. The van der Waals surface area contributed by atoms with Crippen LogP contribution in [0.2, 0.25) is 0 Å². The second-order valence-electron chi connectivity index (χ2n) is 3.31. The van der Waals surface area contributed by atoms with Crippen molar-refractivity contribution in [1.82, 2.24) is 4.90 Å². The summed E-state index contributed by atoms with van der Waals surface area (Å²) in [5.74, 6) is 0.0457. The van der Waals surface area contributed by atoms with Crippen LogP contribution in [0.15, 0.2) is 24.3 Å². The van der Waals surface area contributed by atoms with E-state index in [1.807, 2.05) is 0 Å². The summed E-state index contributed by atoms with van der Waals surface area (Å²) < 4.78 is 4.58. The average molecular weight is 206 g/mol. The predicted octanol–water partition coefficient (Wildman–Crippen LogP) is 1.36. The van der Waals surface area contributed by atoms with Crippen molar-refractivity contribution in [2.45, 2.75) is 0 Å². The van der Waals surface area contributed by atoms with Gasteiger partial charge in [-0.25, -0.2) is 4.79 Å². The van der Waals surface area contributed by atoms with Gasteiger partial charge in [0.1, 0.15) is 5.84 Å². The largest absolute Gasteiger partial charge is 0.465 e. The third kappa shape index (κ3) is 2.56. The summed E-state index contributed by atoms with van der Waals surface area (Å²) >= 11 is 0. The molecule has 1 N–H and O–H groups in total. The third-order valence-corrected chi connectivity index (χ3v) is 2.03. The Hall–Kier alpha value is -1.84. The van der Waals surface area contributed by atoms with Gasteiger partial charge in [-0.15, -0.1) is 0 Å². The van der Waals surface area contributed by atoms with Crippen LogP contribution in [0.4, 0.5) is 0 Å². The zero-order valence-electron chi connectivity index (χ0n) is 9.07. The summed E-state index contributed by atoms with van der Waals surface area (Å²) in [6, 6.07) is 6.77. The van der Waals surface area contributed by atoms with Crippen molar-refractivity contribution in [2.24, 2.45) is 0 Å². The van der Waals surface area contributed by atoms with Crippen LogP contribution in [0.3, 0.4) is 0 Å². The van der Waals surface area contributed by atoms with Gasteiger partial charge in [0.2, 0.25) is 0 Å². The second-order valence-corrected chi connectivity index (χ2v) is 3.31. The number of ether oxygens (including phenoxy) is 1.